The summed E-state index contributed by atoms with van der Waals surface area (Å²) >= 11 is 0. The second kappa shape index (κ2) is 4.60. The van der Waals surface area contributed by atoms with Crippen molar-refractivity contribution in [2.75, 3.05) is 0 Å². The number of furan rings is 1. The molecule has 100 valence electrons. The summed E-state index contributed by atoms with van der Waals surface area (Å²) in [5, 5.41) is 0.848. The molecule has 0 aliphatic carbocycles. The predicted octanol–water partition coefficient (Wildman–Crippen LogP) is 4.42. The summed E-state index contributed by atoms with van der Waals surface area (Å²) in [6.07, 6.45) is 0. The van der Waals surface area contributed by atoms with Crippen LogP contribution >= 0.6 is 0 Å². The van der Waals surface area contributed by atoms with Crippen LogP contribution in [0.4, 0.5) is 4.39 Å². The summed E-state index contributed by atoms with van der Waals surface area (Å²) in [4.78, 5) is 12.3. The number of rotatable bonds is 2. The first kappa shape index (κ1) is 12.6. The fourth-order valence-electron chi connectivity index (χ4n) is 2.21. The minimum atomic E-state index is -0.522. The molecule has 0 unspecified atom stereocenters. The van der Waals surface area contributed by atoms with Crippen LogP contribution < -0.4 is 0 Å². The highest BCUT2D eigenvalue weighted by Gasteiger charge is 2.18. The van der Waals surface area contributed by atoms with Crippen LogP contribution in [0.3, 0.4) is 0 Å². The summed E-state index contributed by atoms with van der Waals surface area (Å²) in [6.45, 7) is 3.74. The van der Waals surface area contributed by atoms with E-state index in [-0.39, 0.29) is 11.3 Å². The Hall–Kier alpha value is -2.42. The molecule has 3 heteroatoms. The van der Waals surface area contributed by atoms with Gasteiger partial charge in [-0.1, -0.05) is 17.7 Å². The smallest absolute Gasteiger partial charge is 0.231 e. The van der Waals surface area contributed by atoms with Gasteiger partial charge < -0.3 is 4.42 Å². The summed E-state index contributed by atoms with van der Waals surface area (Å²) < 4.78 is 19.4. The van der Waals surface area contributed by atoms with Crippen molar-refractivity contribution < 1.29 is 13.6 Å². The second-order valence-corrected chi connectivity index (χ2v) is 4.96. The lowest BCUT2D eigenvalue weighted by molar-refractivity contribution is 0.101. The number of fused-ring (bicyclic) bond motifs is 1. The van der Waals surface area contributed by atoms with Gasteiger partial charge >= 0.3 is 0 Å². The van der Waals surface area contributed by atoms with Gasteiger partial charge in [0.05, 0.1) is 5.56 Å². The van der Waals surface area contributed by atoms with Crippen molar-refractivity contribution in [3.8, 4) is 0 Å². The molecule has 0 bridgehead atoms. The number of carbonyl (C=O) groups excluding carboxylic acids is 1. The Bertz CT molecular complexity index is 815. The third kappa shape index (κ3) is 2.11. The van der Waals surface area contributed by atoms with Crippen molar-refractivity contribution in [1.29, 1.82) is 0 Å². The van der Waals surface area contributed by atoms with Crippen molar-refractivity contribution in [2.45, 2.75) is 13.8 Å². The summed E-state index contributed by atoms with van der Waals surface area (Å²) in [6, 6.07) is 11.9. The van der Waals surface area contributed by atoms with E-state index in [0.29, 0.717) is 5.58 Å². The van der Waals surface area contributed by atoms with E-state index in [1.54, 1.807) is 19.1 Å². The van der Waals surface area contributed by atoms with E-state index >= 15 is 0 Å². The molecule has 0 radical (unpaired) electrons. The number of halogens is 1. The first-order chi connectivity index (χ1) is 9.54. The Kier molecular flexibility index (Phi) is 2.90. The Balaban J connectivity index is 2.08. The topological polar surface area (TPSA) is 30.2 Å². The minimum Gasteiger partial charge on any atom is -0.453 e. The lowest BCUT2D eigenvalue weighted by Crippen LogP contribution is -2.03. The van der Waals surface area contributed by atoms with E-state index in [2.05, 4.69) is 0 Å². The number of benzene rings is 2. The van der Waals surface area contributed by atoms with Crippen LogP contribution in [0.1, 0.15) is 27.2 Å². The van der Waals surface area contributed by atoms with Gasteiger partial charge in [0.25, 0.3) is 0 Å². The quantitative estimate of drug-likeness (QED) is 0.644. The van der Waals surface area contributed by atoms with Gasteiger partial charge in [-0.25, -0.2) is 4.39 Å². The van der Waals surface area contributed by atoms with Crippen molar-refractivity contribution in [3.05, 3.63) is 70.7 Å². The molecule has 0 amide bonds. The molecule has 2 nitrogen and oxygen atoms in total. The molecular weight excluding hydrogens is 255 g/mol. The third-order valence-corrected chi connectivity index (χ3v) is 3.26. The minimum absolute atomic E-state index is 0.0337. The van der Waals surface area contributed by atoms with Crippen LogP contribution in [-0.2, 0) is 0 Å². The van der Waals surface area contributed by atoms with Gasteiger partial charge in [0, 0.05) is 5.39 Å². The molecule has 0 aliphatic rings. The molecule has 0 saturated heterocycles. The van der Waals surface area contributed by atoms with Crippen LogP contribution in [0.5, 0.6) is 0 Å². The molecule has 2 aromatic carbocycles. The zero-order valence-corrected chi connectivity index (χ0v) is 11.2. The van der Waals surface area contributed by atoms with Crippen LogP contribution in [0.2, 0.25) is 0 Å². The molecule has 0 atom stereocenters. The highest BCUT2D eigenvalue weighted by Crippen LogP contribution is 2.23. The molecule has 0 aliphatic heterocycles. The molecule has 0 spiro atoms. The maximum atomic E-state index is 13.8. The third-order valence-electron chi connectivity index (χ3n) is 3.26. The number of ketones is 1. The molecule has 1 heterocycles. The largest absolute Gasteiger partial charge is 0.453 e. The molecule has 3 aromatic rings. The standard InChI is InChI=1S/C17H13FO2/c1-10-4-6-15-12(7-10)9-16(20-15)17(19)13-5-3-11(2)8-14(13)18/h3-9H,1-2H3. The van der Waals surface area contributed by atoms with Gasteiger partial charge in [0.15, 0.2) is 5.76 Å². The lowest BCUT2D eigenvalue weighted by atomic mass is 10.1. The first-order valence-corrected chi connectivity index (χ1v) is 6.35. The highest BCUT2D eigenvalue weighted by molar-refractivity contribution is 6.09. The number of carbonyl (C=O) groups is 1. The maximum Gasteiger partial charge on any atom is 0.231 e. The zero-order valence-electron chi connectivity index (χ0n) is 11.2. The van der Waals surface area contributed by atoms with Crippen LogP contribution in [0.25, 0.3) is 11.0 Å². The molecule has 0 fully saturated rings. The van der Waals surface area contributed by atoms with E-state index in [1.807, 2.05) is 25.1 Å². The molecule has 0 N–H and O–H groups in total. The van der Waals surface area contributed by atoms with E-state index in [9.17, 15) is 9.18 Å². The fourth-order valence-corrected chi connectivity index (χ4v) is 2.21. The first-order valence-electron chi connectivity index (χ1n) is 6.35. The average Bonchev–Trinajstić information content (AvgIpc) is 2.81. The van der Waals surface area contributed by atoms with Crippen LogP contribution in [0, 0.1) is 19.7 Å². The Labute approximate surface area is 115 Å². The summed E-state index contributed by atoms with van der Waals surface area (Å²) in [5.74, 6) is -0.795. The average molecular weight is 268 g/mol. The van der Waals surface area contributed by atoms with Crippen LogP contribution in [0.15, 0.2) is 46.9 Å². The Morgan fingerprint density at radius 1 is 1.00 bits per heavy atom. The fraction of sp³-hybridized carbons (Fsp3) is 0.118. The number of hydrogen-bond donors (Lipinski definition) is 0. The van der Waals surface area contributed by atoms with Gasteiger partial charge in [-0.2, -0.15) is 0 Å². The van der Waals surface area contributed by atoms with Gasteiger partial charge in [0.1, 0.15) is 11.4 Å². The van der Waals surface area contributed by atoms with Crippen molar-refractivity contribution in [1.82, 2.24) is 0 Å². The number of aryl methyl sites for hydroxylation is 2. The number of hydrogen-bond acceptors (Lipinski definition) is 2. The molecule has 1 aromatic heterocycles. The monoisotopic (exact) mass is 268 g/mol. The summed E-state index contributed by atoms with van der Waals surface area (Å²) in [7, 11) is 0. The summed E-state index contributed by atoms with van der Waals surface area (Å²) in [5.41, 5.74) is 2.52. The predicted molar refractivity (Wildman–Crippen MR) is 75.5 cm³/mol. The SMILES string of the molecule is Cc1ccc(C(=O)c2cc3cc(C)ccc3o2)c(F)c1. The van der Waals surface area contributed by atoms with Gasteiger partial charge in [-0.05, 0) is 49.7 Å². The van der Waals surface area contributed by atoms with Gasteiger partial charge in [-0.3, -0.25) is 4.79 Å². The van der Waals surface area contributed by atoms with Crippen molar-refractivity contribution in [3.63, 3.8) is 0 Å². The molecule has 3 rings (SSSR count). The van der Waals surface area contributed by atoms with E-state index < -0.39 is 11.6 Å². The van der Waals surface area contributed by atoms with E-state index in [0.717, 1.165) is 16.5 Å². The van der Waals surface area contributed by atoms with E-state index in [4.69, 9.17) is 4.42 Å². The molecular formula is C17H13FO2. The normalized spacial score (nSPS) is 10.9. The second-order valence-electron chi connectivity index (χ2n) is 4.96. The van der Waals surface area contributed by atoms with Crippen molar-refractivity contribution in [2.24, 2.45) is 0 Å². The highest BCUT2D eigenvalue weighted by atomic mass is 19.1. The Morgan fingerprint density at radius 3 is 2.45 bits per heavy atom. The maximum absolute atomic E-state index is 13.8. The van der Waals surface area contributed by atoms with Crippen LogP contribution in [-0.4, -0.2) is 5.78 Å². The zero-order chi connectivity index (χ0) is 14.3. The van der Waals surface area contributed by atoms with Gasteiger partial charge in [0.2, 0.25) is 5.78 Å². The molecule has 20 heavy (non-hydrogen) atoms. The van der Waals surface area contributed by atoms with E-state index in [1.165, 1.54) is 12.1 Å². The Morgan fingerprint density at radius 2 is 1.70 bits per heavy atom. The molecule has 0 saturated carbocycles. The lowest BCUT2D eigenvalue weighted by Gasteiger charge is -2.00. The van der Waals surface area contributed by atoms with Gasteiger partial charge in [-0.15, -0.1) is 0 Å². The van der Waals surface area contributed by atoms with Crippen molar-refractivity contribution >= 4 is 16.8 Å².